The Morgan fingerprint density at radius 2 is 2.00 bits per heavy atom. The fourth-order valence-corrected chi connectivity index (χ4v) is 7.38. The van der Waals surface area contributed by atoms with Gasteiger partial charge in [-0.15, -0.1) is 0 Å². The van der Waals surface area contributed by atoms with Crippen molar-refractivity contribution in [3.8, 4) is 0 Å². The number of fused-ring (bicyclic) bond motifs is 5. The van der Waals surface area contributed by atoms with Gasteiger partial charge in [-0.3, -0.25) is 0 Å². The molecular weight excluding hydrogens is 360 g/mol. The SMILES string of the molecule is COC[C@H]1CC2C(CC[C@@]3(C)C2CC[C@@H]3OC2CCCCO2)c2ccc(C)cc21. The molecule has 7 atom stereocenters. The molecule has 4 aliphatic rings. The van der Waals surface area contributed by atoms with E-state index in [1.54, 1.807) is 11.1 Å². The maximum Gasteiger partial charge on any atom is 0.157 e. The second-order valence-electron chi connectivity index (χ2n) is 10.4. The van der Waals surface area contributed by atoms with Crippen LogP contribution in [0.3, 0.4) is 0 Å². The molecule has 3 aliphatic carbocycles. The van der Waals surface area contributed by atoms with Crippen molar-refractivity contribution in [2.45, 2.75) is 89.4 Å². The van der Waals surface area contributed by atoms with Crippen LogP contribution in [0.1, 0.15) is 86.8 Å². The molecule has 1 saturated heterocycles. The summed E-state index contributed by atoms with van der Waals surface area (Å²) in [6.45, 7) is 6.47. The highest BCUT2D eigenvalue weighted by molar-refractivity contribution is 5.40. The number of aryl methyl sites for hydroxylation is 1. The highest BCUT2D eigenvalue weighted by Gasteiger charge is 2.56. The maximum atomic E-state index is 6.62. The lowest BCUT2D eigenvalue weighted by molar-refractivity contribution is -0.213. The lowest BCUT2D eigenvalue weighted by atomic mass is 9.54. The van der Waals surface area contributed by atoms with E-state index in [0.717, 1.165) is 37.4 Å². The van der Waals surface area contributed by atoms with Crippen LogP contribution in [0.2, 0.25) is 0 Å². The number of hydrogen-bond donors (Lipinski definition) is 0. The zero-order valence-corrected chi connectivity index (χ0v) is 18.5. The van der Waals surface area contributed by atoms with Crippen LogP contribution < -0.4 is 0 Å². The van der Waals surface area contributed by atoms with E-state index in [-0.39, 0.29) is 6.29 Å². The zero-order valence-electron chi connectivity index (χ0n) is 18.5. The van der Waals surface area contributed by atoms with Crippen molar-refractivity contribution in [3.05, 3.63) is 34.9 Å². The topological polar surface area (TPSA) is 27.7 Å². The Kier molecular flexibility index (Phi) is 5.51. The van der Waals surface area contributed by atoms with Gasteiger partial charge in [0.15, 0.2) is 6.29 Å². The molecule has 0 radical (unpaired) electrons. The molecule has 4 unspecified atom stereocenters. The lowest BCUT2D eigenvalue weighted by Crippen LogP contribution is -2.46. The molecule has 0 aromatic heterocycles. The molecule has 160 valence electrons. The Bertz CT molecular complexity index is 725. The first kappa shape index (κ1) is 20.0. The van der Waals surface area contributed by atoms with E-state index in [0.29, 0.717) is 17.4 Å². The van der Waals surface area contributed by atoms with Gasteiger partial charge in [0, 0.05) is 19.6 Å². The quantitative estimate of drug-likeness (QED) is 0.627. The molecule has 3 nitrogen and oxygen atoms in total. The van der Waals surface area contributed by atoms with Gasteiger partial charge >= 0.3 is 0 Å². The Hall–Kier alpha value is -0.900. The molecular formula is C26H38O3. The van der Waals surface area contributed by atoms with E-state index >= 15 is 0 Å². The molecule has 2 saturated carbocycles. The average molecular weight is 399 g/mol. The summed E-state index contributed by atoms with van der Waals surface area (Å²) in [6.07, 6.45) is 10.3. The summed E-state index contributed by atoms with van der Waals surface area (Å²) in [5.41, 5.74) is 4.88. The molecule has 0 spiro atoms. The fourth-order valence-electron chi connectivity index (χ4n) is 7.38. The molecule has 0 amide bonds. The Labute approximate surface area is 176 Å². The van der Waals surface area contributed by atoms with Crippen LogP contribution in [-0.4, -0.2) is 32.7 Å². The first-order valence-electron chi connectivity index (χ1n) is 12.0. The third-order valence-electron chi connectivity index (χ3n) is 8.81. The molecule has 1 heterocycles. The molecule has 1 aliphatic heterocycles. The van der Waals surface area contributed by atoms with Crippen molar-refractivity contribution in [2.24, 2.45) is 17.3 Å². The molecule has 3 heteroatoms. The predicted octanol–water partition coefficient (Wildman–Crippen LogP) is 5.95. The van der Waals surface area contributed by atoms with Gasteiger partial charge in [-0.1, -0.05) is 30.7 Å². The smallest absolute Gasteiger partial charge is 0.157 e. The number of benzene rings is 1. The zero-order chi connectivity index (χ0) is 20.0. The summed E-state index contributed by atoms with van der Waals surface area (Å²) >= 11 is 0. The Balaban J connectivity index is 1.40. The van der Waals surface area contributed by atoms with Crippen LogP contribution >= 0.6 is 0 Å². The Morgan fingerprint density at radius 3 is 2.79 bits per heavy atom. The van der Waals surface area contributed by atoms with Crippen molar-refractivity contribution in [1.29, 1.82) is 0 Å². The van der Waals surface area contributed by atoms with Crippen LogP contribution in [-0.2, 0) is 14.2 Å². The van der Waals surface area contributed by atoms with E-state index in [1.165, 1.54) is 50.5 Å². The van der Waals surface area contributed by atoms with Gasteiger partial charge in [0.05, 0.1) is 12.7 Å². The monoisotopic (exact) mass is 398 g/mol. The predicted molar refractivity (Wildman–Crippen MR) is 115 cm³/mol. The van der Waals surface area contributed by atoms with Gasteiger partial charge in [0.2, 0.25) is 0 Å². The number of methoxy groups -OCH3 is 1. The van der Waals surface area contributed by atoms with Crippen LogP contribution in [0.5, 0.6) is 0 Å². The summed E-state index contributed by atoms with van der Waals surface area (Å²) in [6, 6.07) is 7.19. The van der Waals surface area contributed by atoms with Crippen molar-refractivity contribution in [2.75, 3.05) is 20.3 Å². The van der Waals surface area contributed by atoms with Gasteiger partial charge in [-0.25, -0.2) is 0 Å². The fraction of sp³-hybridized carbons (Fsp3) is 0.769. The molecule has 0 N–H and O–H groups in total. The summed E-state index contributed by atoms with van der Waals surface area (Å²) < 4.78 is 18.2. The normalized spacial score (nSPS) is 41.5. The van der Waals surface area contributed by atoms with Gasteiger partial charge in [0.1, 0.15) is 0 Å². The second kappa shape index (κ2) is 7.98. The van der Waals surface area contributed by atoms with Crippen molar-refractivity contribution >= 4 is 0 Å². The van der Waals surface area contributed by atoms with Gasteiger partial charge < -0.3 is 14.2 Å². The van der Waals surface area contributed by atoms with Crippen LogP contribution in [0.4, 0.5) is 0 Å². The van der Waals surface area contributed by atoms with E-state index in [4.69, 9.17) is 14.2 Å². The maximum absolute atomic E-state index is 6.62. The minimum Gasteiger partial charge on any atom is -0.384 e. The van der Waals surface area contributed by atoms with Gasteiger partial charge in [-0.2, -0.15) is 0 Å². The number of hydrogen-bond acceptors (Lipinski definition) is 3. The van der Waals surface area contributed by atoms with E-state index in [2.05, 4.69) is 32.0 Å². The van der Waals surface area contributed by atoms with Crippen LogP contribution in [0.25, 0.3) is 0 Å². The van der Waals surface area contributed by atoms with Gasteiger partial charge in [0.25, 0.3) is 0 Å². The van der Waals surface area contributed by atoms with Crippen molar-refractivity contribution in [3.63, 3.8) is 0 Å². The Morgan fingerprint density at radius 1 is 1.10 bits per heavy atom. The van der Waals surface area contributed by atoms with Gasteiger partial charge in [-0.05, 0) is 92.6 Å². The third kappa shape index (κ3) is 3.47. The van der Waals surface area contributed by atoms with E-state index in [1.807, 2.05) is 7.11 Å². The van der Waals surface area contributed by atoms with E-state index < -0.39 is 0 Å². The summed E-state index contributed by atoms with van der Waals surface area (Å²) in [4.78, 5) is 0. The van der Waals surface area contributed by atoms with E-state index in [9.17, 15) is 0 Å². The minimum absolute atomic E-state index is 0.0401. The molecule has 5 rings (SSSR count). The second-order valence-corrected chi connectivity index (χ2v) is 10.4. The van der Waals surface area contributed by atoms with Crippen molar-refractivity contribution in [1.82, 2.24) is 0 Å². The summed E-state index contributed by atoms with van der Waals surface area (Å²) in [5, 5.41) is 0. The molecule has 1 aromatic rings. The molecule has 1 aromatic carbocycles. The lowest BCUT2D eigenvalue weighted by Gasteiger charge is -2.52. The van der Waals surface area contributed by atoms with Crippen LogP contribution in [0.15, 0.2) is 18.2 Å². The van der Waals surface area contributed by atoms with Crippen molar-refractivity contribution < 1.29 is 14.2 Å². The van der Waals surface area contributed by atoms with Crippen LogP contribution in [0, 0.1) is 24.2 Å². The highest BCUT2D eigenvalue weighted by Crippen LogP contribution is 2.63. The summed E-state index contributed by atoms with van der Waals surface area (Å²) in [7, 11) is 1.86. The molecule has 0 bridgehead atoms. The largest absolute Gasteiger partial charge is 0.384 e. The minimum atomic E-state index is 0.0401. The molecule has 3 fully saturated rings. The molecule has 29 heavy (non-hydrogen) atoms. The number of ether oxygens (including phenoxy) is 3. The number of rotatable bonds is 4. The third-order valence-corrected chi connectivity index (χ3v) is 8.81. The summed E-state index contributed by atoms with van der Waals surface area (Å²) in [5.74, 6) is 2.80. The first-order chi connectivity index (χ1) is 14.1. The first-order valence-corrected chi connectivity index (χ1v) is 12.0. The average Bonchev–Trinajstić information content (AvgIpc) is 3.05. The highest BCUT2D eigenvalue weighted by atomic mass is 16.7. The standard InChI is InChI=1S/C26H38O3/c1-17-7-8-19-20-11-12-26(2)23(22(20)15-18(16-27-3)21(19)14-17)9-10-24(26)29-25-6-4-5-13-28-25/h7-8,14,18,20,22-25H,4-6,9-13,15-16H2,1-3H3/t18-,20?,22?,23?,24+,25?,26+/m1/s1.